The van der Waals surface area contributed by atoms with Crippen molar-refractivity contribution < 1.29 is 19.9 Å². The van der Waals surface area contributed by atoms with Gasteiger partial charge in [0, 0.05) is 31.1 Å². The molecule has 0 bridgehead atoms. The number of nitrogens with zero attached hydrogens (tertiary/aromatic N) is 6. The summed E-state index contributed by atoms with van der Waals surface area (Å²) < 4.78 is 10.5. The summed E-state index contributed by atoms with van der Waals surface area (Å²) in [7, 11) is 0. The van der Waals surface area contributed by atoms with Gasteiger partial charge in [-0.05, 0) is 18.4 Å². The fraction of sp³-hybridized carbons (Fsp3) is 0.381. The highest BCUT2D eigenvalue weighted by Gasteiger charge is 2.43. The Balaban J connectivity index is 1.49. The number of aliphatic hydroxyl groups excluding tert-OH is 2. The molecule has 1 aromatic carbocycles. The largest absolute Gasteiger partial charge is 0.388 e. The summed E-state index contributed by atoms with van der Waals surface area (Å²) in [6.07, 6.45) is 2.16. The monoisotopic (exact) mass is 454 g/mol. The fourth-order valence-corrected chi connectivity index (χ4v) is 4.21. The van der Waals surface area contributed by atoms with Crippen molar-refractivity contribution in [2.45, 2.75) is 50.8 Å². The van der Waals surface area contributed by atoms with Crippen LogP contribution in [0.5, 0.6) is 0 Å². The minimum Gasteiger partial charge on any atom is -0.388 e. The molecule has 0 aliphatic carbocycles. The van der Waals surface area contributed by atoms with Gasteiger partial charge in [-0.15, -0.1) is 0 Å². The third kappa shape index (κ3) is 3.48. The predicted octanol–water partition coefficient (Wildman–Crippen LogP) is 1.03. The van der Waals surface area contributed by atoms with Crippen LogP contribution in [-0.2, 0) is 17.7 Å². The fourth-order valence-electron chi connectivity index (χ4n) is 4.21. The van der Waals surface area contributed by atoms with Crippen molar-refractivity contribution in [1.82, 2.24) is 23.5 Å². The number of fused-ring (bicyclic) bond motifs is 2. The Hall–Kier alpha value is -3.61. The molecule has 1 aliphatic rings. The van der Waals surface area contributed by atoms with Gasteiger partial charge in [-0.3, -0.25) is 19.5 Å². The van der Waals surface area contributed by atoms with Crippen molar-refractivity contribution in [2.24, 2.45) is 0 Å². The molecule has 4 aromatic rings. The van der Waals surface area contributed by atoms with Crippen LogP contribution in [0.3, 0.4) is 0 Å². The summed E-state index contributed by atoms with van der Waals surface area (Å²) in [5, 5.41) is 31.5. The van der Waals surface area contributed by atoms with Gasteiger partial charge >= 0.3 is 0 Å². The van der Waals surface area contributed by atoms with E-state index in [2.05, 4.69) is 9.97 Å². The standard InChI is InChI=1S/C21H22N6O6/c1-2-14-16(28)17(29)20(33-14)26-11-22-15-18(26)23-21-24(9-10-25(21)19(15)30)8-7-12-3-5-13(6-4-12)27(31)32/h3-6,9-11,14,16-17,20,28-29H,2,7-8H2,1H3/t14-,16-,17-,20-/m1/s1. The number of nitro benzene ring substituents is 1. The summed E-state index contributed by atoms with van der Waals surface area (Å²) >= 11 is 0. The number of ether oxygens (including phenoxy) is 1. The average Bonchev–Trinajstić information content (AvgIpc) is 3.50. The summed E-state index contributed by atoms with van der Waals surface area (Å²) in [5.74, 6) is 0.385. The number of aliphatic hydroxyl groups is 2. The van der Waals surface area contributed by atoms with E-state index in [4.69, 9.17) is 4.74 Å². The Morgan fingerprint density at radius 1 is 1.18 bits per heavy atom. The lowest BCUT2D eigenvalue weighted by Gasteiger charge is -2.16. The van der Waals surface area contributed by atoms with E-state index in [1.165, 1.54) is 27.4 Å². The number of nitro groups is 1. The number of imidazole rings is 2. The number of benzene rings is 1. The molecule has 2 N–H and O–H groups in total. The molecule has 1 aliphatic heterocycles. The molecule has 0 unspecified atom stereocenters. The van der Waals surface area contributed by atoms with Crippen molar-refractivity contribution in [3.8, 4) is 0 Å². The molecular formula is C21H22N6O6. The average molecular weight is 454 g/mol. The summed E-state index contributed by atoms with van der Waals surface area (Å²) in [6.45, 7) is 2.33. The molecule has 0 radical (unpaired) electrons. The lowest BCUT2D eigenvalue weighted by molar-refractivity contribution is -0.384. The van der Waals surface area contributed by atoms with Crippen LogP contribution < -0.4 is 5.56 Å². The van der Waals surface area contributed by atoms with Crippen molar-refractivity contribution in [1.29, 1.82) is 0 Å². The first kappa shape index (κ1) is 21.2. The first-order chi connectivity index (χ1) is 15.9. The maximum atomic E-state index is 13.0. The van der Waals surface area contributed by atoms with Gasteiger partial charge in [0.1, 0.15) is 12.2 Å². The Labute approximate surface area is 186 Å². The third-order valence-electron chi connectivity index (χ3n) is 6.07. The van der Waals surface area contributed by atoms with Gasteiger partial charge in [-0.25, -0.2) is 9.38 Å². The molecule has 4 atom stereocenters. The van der Waals surface area contributed by atoms with Crippen LogP contribution in [0.2, 0.25) is 0 Å². The van der Waals surface area contributed by atoms with Crippen LogP contribution in [0, 0.1) is 10.1 Å². The molecule has 0 saturated carbocycles. The molecule has 33 heavy (non-hydrogen) atoms. The molecule has 1 saturated heterocycles. The number of aryl methyl sites for hydroxylation is 2. The van der Waals surface area contributed by atoms with E-state index in [1.54, 1.807) is 29.1 Å². The Morgan fingerprint density at radius 3 is 2.61 bits per heavy atom. The second-order valence-electron chi connectivity index (χ2n) is 8.03. The van der Waals surface area contributed by atoms with Crippen LogP contribution in [0.15, 0.2) is 47.8 Å². The van der Waals surface area contributed by atoms with Gasteiger partial charge in [0.25, 0.3) is 11.2 Å². The zero-order valence-electron chi connectivity index (χ0n) is 17.7. The molecule has 172 valence electrons. The van der Waals surface area contributed by atoms with Crippen molar-refractivity contribution >= 4 is 22.6 Å². The maximum absolute atomic E-state index is 13.0. The second-order valence-corrected chi connectivity index (χ2v) is 8.03. The Morgan fingerprint density at radius 2 is 1.94 bits per heavy atom. The molecule has 1 fully saturated rings. The first-order valence-electron chi connectivity index (χ1n) is 10.6. The smallest absolute Gasteiger partial charge is 0.287 e. The molecule has 12 nitrogen and oxygen atoms in total. The minimum atomic E-state index is -1.18. The molecular weight excluding hydrogens is 432 g/mol. The molecule has 12 heteroatoms. The highest BCUT2D eigenvalue weighted by atomic mass is 16.6. The van der Waals surface area contributed by atoms with E-state index in [0.29, 0.717) is 25.2 Å². The Bertz CT molecular complexity index is 1390. The summed E-state index contributed by atoms with van der Waals surface area (Å²) in [4.78, 5) is 32.2. The zero-order valence-corrected chi connectivity index (χ0v) is 17.7. The lowest BCUT2D eigenvalue weighted by Crippen LogP contribution is -2.31. The Kier molecular flexibility index (Phi) is 5.19. The summed E-state index contributed by atoms with van der Waals surface area (Å²) in [6, 6.07) is 6.31. The molecule has 4 heterocycles. The van der Waals surface area contributed by atoms with E-state index in [9.17, 15) is 25.1 Å². The molecule has 0 amide bonds. The van der Waals surface area contributed by atoms with Gasteiger partial charge in [-0.1, -0.05) is 19.1 Å². The topological polar surface area (TPSA) is 150 Å². The van der Waals surface area contributed by atoms with E-state index in [-0.39, 0.29) is 22.4 Å². The van der Waals surface area contributed by atoms with E-state index >= 15 is 0 Å². The van der Waals surface area contributed by atoms with E-state index < -0.39 is 29.5 Å². The van der Waals surface area contributed by atoms with Gasteiger partial charge < -0.3 is 19.5 Å². The zero-order chi connectivity index (χ0) is 23.3. The van der Waals surface area contributed by atoms with Crippen LogP contribution in [0.4, 0.5) is 5.69 Å². The summed E-state index contributed by atoms with van der Waals surface area (Å²) in [5.41, 5.74) is 0.959. The van der Waals surface area contributed by atoms with Crippen molar-refractivity contribution in [2.75, 3.05) is 0 Å². The van der Waals surface area contributed by atoms with Gasteiger partial charge in [0.05, 0.1) is 17.4 Å². The van der Waals surface area contributed by atoms with Crippen LogP contribution >= 0.6 is 0 Å². The van der Waals surface area contributed by atoms with E-state index in [0.717, 1.165) is 5.56 Å². The van der Waals surface area contributed by atoms with Crippen LogP contribution in [-0.4, -0.2) is 57.0 Å². The van der Waals surface area contributed by atoms with Gasteiger partial charge in [-0.2, -0.15) is 4.98 Å². The quantitative estimate of drug-likeness (QED) is 0.324. The molecule has 5 rings (SSSR count). The van der Waals surface area contributed by atoms with Crippen LogP contribution in [0.25, 0.3) is 16.9 Å². The normalized spacial score (nSPS) is 23.0. The number of non-ortho nitro benzene ring substituents is 1. The highest BCUT2D eigenvalue weighted by Crippen LogP contribution is 2.32. The molecule has 3 aromatic heterocycles. The predicted molar refractivity (Wildman–Crippen MR) is 116 cm³/mol. The SMILES string of the molecule is CC[C@H]1O[C@@H](n2cnc3c(=O)n4ccn(CCc5ccc([N+](=O)[O-])cc5)c4nc32)[C@H](O)[C@@H]1O. The third-order valence-corrected chi connectivity index (χ3v) is 6.07. The lowest BCUT2D eigenvalue weighted by atomic mass is 10.1. The highest BCUT2D eigenvalue weighted by molar-refractivity contribution is 5.72. The van der Waals surface area contributed by atoms with Crippen molar-refractivity contribution in [3.05, 3.63) is 69.0 Å². The second kappa shape index (κ2) is 8.06. The maximum Gasteiger partial charge on any atom is 0.287 e. The van der Waals surface area contributed by atoms with Gasteiger partial charge in [0.15, 0.2) is 17.4 Å². The number of aromatic nitrogens is 5. The first-order valence-corrected chi connectivity index (χ1v) is 10.6. The van der Waals surface area contributed by atoms with Crippen molar-refractivity contribution in [3.63, 3.8) is 0 Å². The van der Waals surface area contributed by atoms with Gasteiger partial charge in [0.2, 0.25) is 5.78 Å². The molecule has 0 spiro atoms. The van der Waals surface area contributed by atoms with E-state index in [1.807, 2.05) is 6.92 Å². The number of hydrogen-bond donors (Lipinski definition) is 2. The van der Waals surface area contributed by atoms with Crippen LogP contribution in [0.1, 0.15) is 25.1 Å². The number of hydrogen-bond acceptors (Lipinski definition) is 8. The number of rotatable bonds is 6. The minimum absolute atomic E-state index is 0.0285.